The third kappa shape index (κ3) is 7.75. The van der Waals surface area contributed by atoms with Crippen LogP contribution in [0.2, 0.25) is 4.34 Å². The molecular formula is C22H20ClFN4O6S2. The molecule has 0 spiro atoms. The van der Waals surface area contributed by atoms with E-state index in [1.165, 1.54) is 6.07 Å². The summed E-state index contributed by atoms with van der Waals surface area (Å²) in [5, 5.41) is 13.0. The van der Waals surface area contributed by atoms with Gasteiger partial charge < -0.3 is 15.4 Å². The van der Waals surface area contributed by atoms with Crippen molar-refractivity contribution >= 4 is 68.0 Å². The van der Waals surface area contributed by atoms with Crippen LogP contribution in [0.15, 0.2) is 54.6 Å². The van der Waals surface area contributed by atoms with Gasteiger partial charge in [-0.25, -0.2) is 4.39 Å². The van der Waals surface area contributed by atoms with Crippen LogP contribution in [0.5, 0.6) is 0 Å². The van der Waals surface area contributed by atoms with E-state index in [2.05, 4.69) is 10.6 Å². The van der Waals surface area contributed by atoms with Gasteiger partial charge in [-0.05, 0) is 54.6 Å². The highest BCUT2D eigenvalue weighted by molar-refractivity contribution is 7.85. The monoisotopic (exact) mass is 554 g/mol. The summed E-state index contributed by atoms with van der Waals surface area (Å²) in [6.07, 6.45) is 0.715. The molecular weight excluding hydrogens is 535 g/mol. The lowest BCUT2D eigenvalue weighted by Crippen LogP contribution is -2.23. The Morgan fingerprint density at radius 3 is 2.33 bits per heavy atom. The number of amidine groups is 1. The molecule has 1 saturated heterocycles. The number of hydrogen-bond donors (Lipinski definition) is 4. The fourth-order valence-electron chi connectivity index (χ4n) is 3.02. The molecule has 2 heterocycles. The van der Waals surface area contributed by atoms with Crippen molar-refractivity contribution in [1.82, 2.24) is 0 Å². The number of nitrogens with zero attached hydrogens (tertiary/aromatic N) is 1. The lowest BCUT2D eigenvalue weighted by atomic mass is 10.1. The summed E-state index contributed by atoms with van der Waals surface area (Å²) >= 11 is 6.94. The van der Waals surface area contributed by atoms with E-state index < -0.39 is 27.7 Å². The number of thiophene rings is 1. The number of carbonyl (C=O) groups excluding carboxylic acids is 2. The van der Waals surface area contributed by atoms with Gasteiger partial charge in [-0.1, -0.05) is 11.6 Å². The molecule has 0 atom stereocenters. The minimum absolute atomic E-state index is 0.0475. The van der Waals surface area contributed by atoms with Crippen LogP contribution in [0, 0.1) is 11.2 Å². The third-order valence-electron chi connectivity index (χ3n) is 4.51. The van der Waals surface area contributed by atoms with Crippen LogP contribution in [0.1, 0.15) is 20.0 Å². The van der Waals surface area contributed by atoms with Crippen LogP contribution in [-0.4, -0.2) is 50.2 Å². The normalized spacial score (nSPS) is 12.9. The number of halogens is 2. The number of benzene rings is 2. The fraction of sp³-hybridized carbons (Fsp3) is 0.136. The van der Waals surface area contributed by atoms with Crippen LogP contribution in [0.4, 0.5) is 21.5 Å². The summed E-state index contributed by atoms with van der Waals surface area (Å²) in [5.41, 5.74) is 1.43. The molecule has 14 heteroatoms. The second-order valence-electron chi connectivity index (χ2n) is 7.29. The number of amides is 2. The molecule has 0 radical (unpaired) electrons. The third-order valence-corrected chi connectivity index (χ3v) is 5.74. The maximum Gasteiger partial charge on any atom is 0.289 e. The standard InChI is InChI=1S/C21H16ClFN4O3S.CH4O3S/c22-18-8-7-17(31-18)20(29)26-16-11-12(23)1-6-15(16)19(28)25-13-2-4-14(5-3-13)27-9-10-30-21(27)24;1-5(2,3)4/h1-8,11,24H,9-10H2,(H,25,28)(H,26,29);1H3,(H,2,3,4). The maximum absolute atomic E-state index is 13.8. The van der Waals surface area contributed by atoms with Crippen LogP contribution in [-0.2, 0) is 14.9 Å². The van der Waals surface area contributed by atoms with Gasteiger partial charge >= 0.3 is 0 Å². The highest BCUT2D eigenvalue weighted by Gasteiger charge is 2.20. The zero-order valence-corrected chi connectivity index (χ0v) is 21.0. The van der Waals surface area contributed by atoms with Gasteiger partial charge in [0.25, 0.3) is 28.0 Å². The number of ether oxygens (including phenoxy) is 1. The zero-order chi connectivity index (χ0) is 26.5. The quantitative estimate of drug-likeness (QED) is 0.343. The van der Waals surface area contributed by atoms with Crippen molar-refractivity contribution in [3.8, 4) is 0 Å². The van der Waals surface area contributed by atoms with Gasteiger partial charge in [0.15, 0.2) is 0 Å². The molecule has 4 rings (SSSR count). The minimum atomic E-state index is -3.67. The summed E-state index contributed by atoms with van der Waals surface area (Å²) in [7, 11) is -3.67. The molecule has 1 aliphatic heterocycles. The van der Waals surface area contributed by atoms with E-state index in [0.29, 0.717) is 34.3 Å². The molecule has 2 aromatic carbocycles. The Hall–Kier alpha value is -3.52. The van der Waals surface area contributed by atoms with E-state index >= 15 is 0 Å². The highest BCUT2D eigenvalue weighted by Crippen LogP contribution is 2.25. The molecule has 1 aromatic heterocycles. The second kappa shape index (κ2) is 11.5. The minimum Gasteiger partial charge on any atom is -0.463 e. The van der Waals surface area contributed by atoms with Crippen molar-refractivity contribution < 1.29 is 31.7 Å². The van der Waals surface area contributed by atoms with Gasteiger partial charge in [0, 0.05) is 11.4 Å². The van der Waals surface area contributed by atoms with Gasteiger partial charge in [-0.15, -0.1) is 11.3 Å². The average molecular weight is 555 g/mol. The van der Waals surface area contributed by atoms with Gasteiger partial charge in [-0.3, -0.25) is 24.5 Å². The smallest absolute Gasteiger partial charge is 0.289 e. The summed E-state index contributed by atoms with van der Waals surface area (Å²) < 4.78 is 45.2. The van der Waals surface area contributed by atoms with Crippen molar-refractivity contribution in [2.45, 2.75) is 0 Å². The van der Waals surface area contributed by atoms with Crippen molar-refractivity contribution in [2.24, 2.45) is 0 Å². The van der Waals surface area contributed by atoms with Crippen LogP contribution >= 0.6 is 22.9 Å². The number of nitrogens with one attached hydrogen (secondary N) is 3. The van der Waals surface area contributed by atoms with Gasteiger partial charge in [0.05, 0.1) is 33.3 Å². The first-order chi connectivity index (χ1) is 16.9. The Bertz CT molecular complexity index is 1390. The molecule has 1 fully saturated rings. The van der Waals surface area contributed by atoms with Crippen LogP contribution in [0.3, 0.4) is 0 Å². The molecule has 0 aliphatic carbocycles. The van der Waals surface area contributed by atoms with Gasteiger partial charge in [0.1, 0.15) is 12.4 Å². The molecule has 4 N–H and O–H groups in total. The summed E-state index contributed by atoms with van der Waals surface area (Å²) in [4.78, 5) is 27.3. The van der Waals surface area contributed by atoms with E-state index in [1.54, 1.807) is 41.3 Å². The number of anilines is 3. The lowest BCUT2D eigenvalue weighted by molar-refractivity contribution is 0.102. The summed E-state index contributed by atoms with van der Waals surface area (Å²) in [6.45, 7) is 1.03. The van der Waals surface area contributed by atoms with Crippen molar-refractivity contribution in [1.29, 1.82) is 5.41 Å². The Labute approximate surface area is 214 Å². The molecule has 1 aliphatic rings. The van der Waals surface area contributed by atoms with Crippen molar-refractivity contribution in [2.75, 3.05) is 34.9 Å². The Morgan fingerprint density at radius 2 is 1.78 bits per heavy atom. The molecule has 36 heavy (non-hydrogen) atoms. The number of rotatable bonds is 5. The van der Waals surface area contributed by atoms with Crippen molar-refractivity contribution in [3.63, 3.8) is 0 Å². The van der Waals surface area contributed by atoms with Crippen LogP contribution in [0.25, 0.3) is 0 Å². The van der Waals surface area contributed by atoms with E-state index in [9.17, 15) is 22.4 Å². The largest absolute Gasteiger partial charge is 0.463 e. The van der Waals surface area contributed by atoms with Crippen molar-refractivity contribution in [3.05, 3.63) is 75.2 Å². The summed E-state index contributed by atoms with van der Waals surface area (Å²) in [5.74, 6) is -1.59. The first kappa shape index (κ1) is 27.1. The van der Waals surface area contributed by atoms with E-state index in [-0.39, 0.29) is 17.3 Å². The fourth-order valence-corrected chi connectivity index (χ4v) is 3.96. The first-order valence-electron chi connectivity index (χ1n) is 10.1. The van der Waals surface area contributed by atoms with Gasteiger partial charge in [-0.2, -0.15) is 8.42 Å². The van der Waals surface area contributed by atoms with E-state index in [4.69, 9.17) is 26.3 Å². The van der Waals surface area contributed by atoms with E-state index in [0.717, 1.165) is 29.2 Å². The topological polar surface area (TPSA) is 149 Å². The molecule has 190 valence electrons. The molecule has 3 aromatic rings. The Morgan fingerprint density at radius 1 is 1.11 bits per heavy atom. The molecule has 10 nitrogen and oxygen atoms in total. The molecule has 2 amide bonds. The predicted octanol–water partition coefficient (Wildman–Crippen LogP) is 4.32. The molecule has 0 bridgehead atoms. The Balaban J connectivity index is 0.000000658. The van der Waals surface area contributed by atoms with Crippen LogP contribution < -0.4 is 15.5 Å². The second-order valence-corrected chi connectivity index (χ2v) is 10.5. The average Bonchev–Trinajstić information content (AvgIpc) is 3.41. The highest BCUT2D eigenvalue weighted by atomic mass is 35.5. The SMILES string of the molecule is CS(=O)(=O)O.N=C1OCCN1c1ccc(NC(=O)c2ccc(F)cc2NC(=O)c2ccc(Cl)s2)cc1. The first-order valence-corrected chi connectivity index (χ1v) is 13.1. The molecule has 0 saturated carbocycles. The number of hydrogen-bond acceptors (Lipinski definition) is 7. The lowest BCUT2D eigenvalue weighted by Gasteiger charge is -2.15. The summed E-state index contributed by atoms with van der Waals surface area (Å²) in [6, 6.07) is 13.6. The number of carbonyl (C=O) groups is 2. The maximum atomic E-state index is 13.8. The Kier molecular flexibility index (Phi) is 8.63. The zero-order valence-electron chi connectivity index (χ0n) is 18.6. The predicted molar refractivity (Wildman–Crippen MR) is 137 cm³/mol. The molecule has 0 unspecified atom stereocenters. The van der Waals surface area contributed by atoms with E-state index in [1.807, 2.05) is 0 Å². The van der Waals surface area contributed by atoms with Gasteiger partial charge in [0.2, 0.25) is 0 Å².